The van der Waals surface area contributed by atoms with Gasteiger partial charge in [0.1, 0.15) is 17.1 Å². The van der Waals surface area contributed by atoms with E-state index in [0.29, 0.717) is 5.56 Å². The Bertz CT molecular complexity index is 1140. The molecule has 6 atom stereocenters. The van der Waals surface area contributed by atoms with Crippen molar-refractivity contribution in [3.8, 4) is 5.75 Å². The molecule has 1 aromatic carbocycles. The predicted octanol–water partition coefficient (Wildman–Crippen LogP) is 0.242. The Morgan fingerprint density at radius 2 is 1.84 bits per heavy atom. The van der Waals surface area contributed by atoms with Gasteiger partial charge in [0, 0.05) is 22.7 Å². The zero-order valence-corrected chi connectivity index (χ0v) is 18.7. The summed E-state index contributed by atoms with van der Waals surface area (Å²) in [7, 11) is 6.43. The second-order valence-electron chi connectivity index (χ2n) is 8.84. The zero-order chi connectivity index (χ0) is 23.9. The highest BCUT2D eigenvalue weighted by Crippen LogP contribution is 2.55. The van der Waals surface area contributed by atoms with Gasteiger partial charge in [0.05, 0.1) is 17.7 Å². The lowest BCUT2D eigenvalue weighted by Gasteiger charge is -2.55. The predicted molar refractivity (Wildman–Crippen MR) is 119 cm³/mol. The first-order valence-corrected chi connectivity index (χ1v) is 10.6. The van der Waals surface area contributed by atoms with E-state index in [1.165, 1.54) is 11.0 Å². The molecular formula is C22H25N2O7P. The lowest BCUT2D eigenvalue weighted by molar-refractivity contribution is -0.156. The summed E-state index contributed by atoms with van der Waals surface area (Å²) >= 11 is 0. The van der Waals surface area contributed by atoms with Crippen molar-refractivity contribution in [2.24, 2.45) is 17.6 Å². The van der Waals surface area contributed by atoms with Gasteiger partial charge in [0.25, 0.3) is 0 Å². The third-order valence-corrected chi connectivity index (χ3v) is 7.69. The normalized spacial score (nSPS) is 36.1. The number of ketones is 2. The van der Waals surface area contributed by atoms with Gasteiger partial charge in [-0.3, -0.25) is 14.5 Å². The second kappa shape index (κ2) is 7.15. The number of aliphatic hydroxyl groups excluding tert-OH is 3. The van der Waals surface area contributed by atoms with Crippen molar-refractivity contribution in [2.45, 2.75) is 30.6 Å². The highest BCUT2D eigenvalue weighted by molar-refractivity contribution is 7.23. The minimum absolute atomic E-state index is 0.0467. The Kier molecular flexibility index (Phi) is 5.02. The standard InChI is InChI=1S/C22H25N2O7P/c1-7-8-5-4-6-9(25)11(8)16(26)12-10(7)17(27)14-15(24(2)3)18(28)13(21(23)30)19(29)22(14,31)20(12)32/h4-7,10,14-15,17,25-27,30-32H,23H2,1-3H3/b21-13-/t7-,10+,14+,15-,17-,22+/m0/s1. The molecule has 4 rings (SSSR count). The molecular weight excluding hydrogens is 435 g/mol. The highest BCUT2D eigenvalue weighted by Gasteiger charge is 2.67. The van der Waals surface area contributed by atoms with Crippen LogP contribution in [0.4, 0.5) is 0 Å². The van der Waals surface area contributed by atoms with E-state index in [2.05, 4.69) is 8.86 Å². The molecule has 170 valence electrons. The number of nitrogens with two attached hydrogens (primary N) is 1. The molecule has 0 unspecified atom stereocenters. The van der Waals surface area contributed by atoms with Crippen LogP contribution in [0.5, 0.6) is 5.75 Å². The van der Waals surface area contributed by atoms with Crippen molar-refractivity contribution in [3.05, 3.63) is 46.4 Å². The number of aromatic hydroxyl groups is 1. The monoisotopic (exact) mass is 460 g/mol. The number of carbonyl (C=O) groups excluding carboxylic acids is 2. The van der Waals surface area contributed by atoms with E-state index < -0.39 is 64.3 Å². The first-order valence-electron chi connectivity index (χ1n) is 10.1. The number of fused-ring (bicyclic) bond motifs is 3. The maximum Gasteiger partial charge on any atom is 0.208 e. The molecule has 2 saturated carbocycles. The number of benzene rings is 1. The fourth-order valence-corrected chi connectivity index (χ4v) is 6.18. The molecule has 0 bridgehead atoms. The number of likely N-dealkylation sites (N-methyl/N-ethyl adjacent to an activating group) is 1. The molecule has 1 aromatic rings. The van der Waals surface area contributed by atoms with E-state index in [9.17, 15) is 35.1 Å². The second-order valence-corrected chi connectivity index (χ2v) is 9.34. The van der Waals surface area contributed by atoms with Crippen molar-refractivity contribution in [1.82, 2.24) is 4.90 Å². The van der Waals surface area contributed by atoms with Crippen LogP contribution in [0.15, 0.2) is 35.2 Å². The Labute approximate surface area is 186 Å². The topological polar surface area (TPSA) is 165 Å². The number of Topliss-reactive ketones (excluding diaryl/α,β-unsaturated/α-hetero) is 2. The van der Waals surface area contributed by atoms with Gasteiger partial charge in [-0.05, 0) is 31.6 Å². The first kappa shape index (κ1) is 22.5. The van der Waals surface area contributed by atoms with Crippen molar-refractivity contribution in [3.63, 3.8) is 0 Å². The van der Waals surface area contributed by atoms with Crippen molar-refractivity contribution in [1.29, 1.82) is 0 Å². The Hall–Kier alpha value is -2.71. The van der Waals surface area contributed by atoms with Gasteiger partial charge < -0.3 is 31.3 Å². The fourth-order valence-electron chi connectivity index (χ4n) is 5.62. The molecule has 32 heavy (non-hydrogen) atoms. The minimum atomic E-state index is -2.50. The zero-order valence-electron chi connectivity index (χ0n) is 17.7. The molecule has 3 aliphatic carbocycles. The van der Waals surface area contributed by atoms with Crippen molar-refractivity contribution < 1.29 is 35.1 Å². The van der Waals surface area contributed by atoms with Gasteiger partial charge in [-0.25, -0.2) is 0 Å². The summed E-state index contributed by atoms with van der Waals surface area (Å²) in [4.78, 5) is 27.9. The minimum Gasteiger partial charge on any atom is -0.507 e. The summed E-state index contributed by atoms with van der Waals surface area (Å²) in [6, 6.07) is 3.53. The summed E-state index contributed by atoms with van der Waals surface area (Å²) in [5.74, 6) is -6.19. The number of rotatable bonds is 1. The van der Waals surface area contributed by atoms with Crippen LogP contribution in [0.2, 0.25) is 0 Å². The van der Waals surface area contributed by atoms with E-state index in [-0.39, 0.29) is 22.2 Å². The third kappa shape index (κ3) is 2.59. The van der Waals surface area contributed by atoms with Crippen LogP contribution in [-0.4, -0.2) is 79.1 Å². The number of nitrogens with zero attached hydrogens (tertiary/aromatic N) is 1. The van der Waals surface area contributed by atoms with E-state index in [1.807, 2.05) is 0 Å². The molecule has 7 N–H and O–H groups in total. The van der Waals surface area contributed by atoms with Crippen LogP contribution in [0.3, 0.4) is 0 Å². The average Bonchev–Trinajstić information content (AvgIpc) is 2.70. The average molecular weight is 460 g/mol. The quantitative estimate of drug-likeness (QED) is 0.149. The maximum absolute atomic E-state index is 13.3. The van der Waals surface area contributed by atoms with Crippen LogP contribution in [0.25, 0.3) is 5.76 Å². The Morgan fingerprint density at radius 1 is 1.22 bits per heavy atom. The number of phenols is 1. The van der Waals surface area contributed by atoms with Crippen LogP contribution in [0.1, 0.15) is 24.0 Å². The molecule has 0 spiro atoms. The maximum atomic E-state index is 13.3. The van der Waals surface area contributed by atoms with E-state index in [4.69, 9.17) is 5.73 Å². The largest absolute Gasteiger partial charge is 0.507 e. The number of phenolic OH excluding ortho intramolecular Hbond substituents is 1. The molecule has 0 aromatic heterocycles. The van der Waals surface area contributed by atoms with Crippen LogP contribution >= 0.6 is 8.86 Å². The molecule has 9 nitrogen and oxygen atoms in total. The molecule has 0 heterocycles. The van der Waals surface area contributed by atoms with Gasteiger partial charge in [-0.15, -0.1) is 8.86 Å². The molecule has 0 radical (unpaired) electrons. The van der Waals surface area contributed by atoms with E-state index in [1.54, 1.807) is 33.2 Å². The van der Waals surface area contributed by atoms with Crippen LogP contribution in [-0.2, 0) is 9.59 Å². The van der Waals surface area contributed by atoms with Gasteiger partial charge in [-0.1, -0.05) is 19.1 Å². The summed E-state index contributed by atoms with van der Waals surface area (Å²) in [5, 5.41) is 54.4. The first-order chi connectivity index (χ1) is 14.9. The summed E-state index contributed by atoms with van der Waals surface area (Å²) < 4.78 is 0. The smallest absolute Gasteiger partial charge is 0.208 e. The number of aliphatic hydroxyl groups is 4. The molecule has 0 amide bonds. The Balaban J connectivity index is 2.04. The SMILES string of the molecule is C[C@H]1c2cccc(O)c2C(O)=C2C(=P)[C@]3(O)C(=O)/C(=C(/N)O)C(=O)[C@@H](N(C)C)[C@@H]3[C@@H](O)[C@@H]21. The van der Waals surface area contributed by atoms with Crippen molar-refractivity contribution in [2.75, 3.05) is 14.1 Å². The number of carbonyl (C=O) groups is 2. The van der Waals surface area contributed by atoms with E-state index in [0.717, 1.165) is 0 Å². The number of hydrogen-bond donors (Lipinski definition) is 6. The molecule has 0 aliphatic heterocycles. The summed E-state index contributed by atoms with van der Waals surface area (Å²) in [6.45, 7) is 1.79. The lowest BCUT2D eigenvalue weighted by atomic mass is 9.53. The Morgan fingerprint density at radius 3 is 2.41 bits per heavy atom. The van der Waals surface area contributed by atoms with Gasteiger partial charge in [0.2, 0.25) is 5.78 Å². The van der Waals surface area contributed by atoms with Gasteiger partial charge in [-0.2, -0.15) is 0 Å². The van der Waals surface area contributed by atoms with Crippen LogP contribution < -0.4 is 5.73 Å². The summed E-state index contributed by atoms with van der Waals surface area (Å²) in [6.07, 6.45) is -1.44. The van der Waals surface area contributed by atoms with Crippen LogP contribution in [0, 0.1) is 11.8 Å². The molecule has 10 heteroatoms. The van der Waals surface area contributed by atoms with E-state index >= 15 is 0 Å². The third-order valence-electron chi connectivity index (χ3n) is 7.04. The molecule has 3 aliphatic rings. The van der Waals surface area contributed by atoms with Crippen molar-refractivity contribution >= 4 is 31.5 Å². The molecule has 2 fully saturated rings. The van der Waals surface area contributed by atoms with Gasteiger partial charge >= 0.3 is 0 Å². The van der Waals surface area contributed by atoms with Gasteiger partial charge in [0.15, 0.2) is 17.3 Å². The fraction of sp³-hybridized carbons (Fsp3) is 0.409. The lowest BCUT2D eigenvalue weighted by Crippen LogP contribution is -2.73. The number of hydrogen-bond acceptors (Lipinski definition) is 9. The molecule has 0 saturated heterocycles. The summed E-state index contributed by atoms with van der Waals surface area (Å²) in [5.41, 5.74) is 2.91. The highest BCUT2D eigenvalue weighted by atomic mass is 31.0.